The lowest BCUT2D eigenvalue weighted by Crippen LogP contribution is -2.51. The Morgan fingerprint density at radius 2 is 1.75 bits per heavy atom. The first-order valence-electron chi connectivity index (χ1n) is 13.5. The molecule has 2 amide bonds. The largest absolute Gasteiger partial charge is 0.494 e. The maximum Gasteiger partial charge on any atom is 0.424 e. The molecule has 1 unspecified atom stereocenters. The molecule has 0 bridgehead atoms. The van der Waals surface area contributed by atoms with Crippen molar-refractivity contribution in [3.05, 3.63) is 82.4 Å². The standard InChI is InChI=1S/C30H21F9N4O5/c1-27(26(40)45)11-48-24-16(27)8-19(43-23(24)15-3-4-17(31)21(33)20(15)32)28(46,30(37,38)39)10-42-25(44)13-5-12-6-14(29(34,35)36)9-41-22(12)18(7-13)47-2/h3-9,46H,10-11H2,1-2H3,(H2,40,45)(H,42,44)/t27-,28?/m0/s1. The third-order valence-corrected chi connectivity index (χ3v) is 7.86. The van der Waals surface area contributed by atoms with E-state index in [0.717, 1.165) is 26.2 Å². The van der Waals surface area contributed by atoms with Gasteiger partial charge in [0.2, 0.25) is 11.5 Å². The summed E-state index contributed by atoms with van der Waals surface area (Å²) in [6.45, 7) is -1.12. The number of aliphatic hydroxyl groups is 1. The minimum absolute atomic E-state index is 0.104. The highest BCUT2D eigenvalue weighted by Crippen LogP contribution is 2.48. The zero-order valence-electron chi connectivity index (χ0n) is 24.4. The number of hydrogen-bond donors (Lipinski definition) is 3. The first-order valence-corrected chi connectivity index (χ1v) is 13.5. The number of alkyl halides is 6. The van der Waals surface area contributed by atoms with Gasteiger partial charge in [-0.3, -0.25) is 14.6 Å². The lowest BCUT2D eigenvalue weighted by atomic mass is 9.81. The molecule has 0 radical (unpaired) electrons. The summed E-state index contributed by atoms with van der Waals surface area (Å²) in [5.74, 6) is -8.69. The van der Waals surface area contributed by atoms with Crippen molar-refractivity contribution in [2.45, 2.75) is 30.3 Å². The molecule has 254 valence electrons. The normalized spacial score (nSPS) is 17.4. The number of pyridine rings is 2. The van der Waals surface area contributed by atoms with Crippen molar-refractivity contribution in [2.24, 2.45) is 5.73 Å². The van der Waals surface area contributed by atoms with Crippen molar-refractivity contribution < 1.29 is 63.7 Å². The number of aromatic nitrogens is 2. The fourth-order valence-electron chi connectivity index (χ4n) is 5.00. The molecule has 2 aromatic heterocycles. The van der Waals surface area contributed by atoms with Crippen LogP contribution in [-0.2, 0) is 22.0 Å². The minimum Gasteiger partial charge on any atom is -0.494 e. The van der Waals surface area contributed by atoms with E-state index >= 15 is 0 Å². The van der Waals surface area contributed by atoms with E-state index in [4.69, 9.17) is 15.2 Å². The van der Waals surface area contributed by atoms with Gasteiger partial charge >= 0.3 is 12.4 Å². The van der Waals surface area contributed by atoms with Crippen molar-refractivity contribution in [1.29, 1.82) is 0 Å². The fraction of sp³-hybridized carbons (Fsp3) is 0.267. The Balaban J connectivity index is 1.62. The van der Waals surface area contributed by atoms with E-state index in [1.807, 2.05) is 5.32 Å². The van der Waals surface area contributed by atoms with Crippen molar-refractivity contribution in [3.63, 3.8) is 0 Å². The molecule has 48 heavy (non-hydrogen) atoms. The Morgan fingerprint density at radius 1 is 1.06 bits per heavy atom. The van der Waals surface area contributed by atoms with Crippen LogP contribution < -0.4 is 20.5 Å². The zero-order valence-corrected chi connectivity index (χ0v) is 24.4. The van der Waals surface area contributed by atoms with Gasteiger partial charge in [-0.2, -0.15) is 26.3 Å². The van der Waals surface area contributed by atoms with E-state index < -0.39 is 105 Å². The smallest absolute Gasteiger partial charge is 0.424 e. The molecule has 0 fully saturated rings. The van der Waals surface area contributed by atoms with Crippen LogP contribution in [0.2, 0.25) is 0 Å². The molecule has 4 N–H and O–H groups in total. The van der Waals surface area contributed by atoms with E-state index in [9.17, 15) is 54.2 Å². The van der Waals surface area contributed by atoms with E-state index in [-0.39, 0.29) is 16.7 Å². The third-order valence-electron chi connectivity index (χ3n) is 7.86. The number of benzene rings is 2. The number of ether oxygens (including phenoxy) is 2. The van der Waals surface area contributed by atoms with Gasteiger partial charge in [-0.05, 0) is 43.3 Å². The number of methoxy groups -OCH3 is 1. The van der Waals surface area contributed by atoms with Gasteiger partial charge in [-0.1, -0.05) is 0 Å². The predicted molar refractivity (Wildman–Crippen MR) is 147 cm³/mol. The number of nitrogens with zero attached hydrogens (tertiary/aromatic N) is 2. The van der Waals surface area contributed by atoms with Crippen LogP contribution in [0, 0.1) is 17.5 Å². The summed E-state index contributed by atoms with van der Waals surface area (Å²) in [6, 6.07) is 4.21. The maximum atomic E-state index is 14.9. The molecule has 1 aliphatic rings. The van der Waals surface area contributed by atoms with Crippen LogP contribution in [0.1, 0.15) is 34.1 Å². The number of nitrogens with one attached hydrogen (secondary N) is 1. The number of hydrogen-bond acceptors (Lipinski definition) is 7. The zero-order chi connectivity index (χ0) is 35.6. The molecule has 0 saturated carbocycles. The van der Waals surface area contributed by atoms with Crippen LogP contribution in [0.15, 0.2) is 42.6 Å². The van der Waals surface area contributed by atoms with Gasteiger partial charge in [-0.15, -0.1) is 0 Å². The van der Waals surface area contributed by atoms with Crippen LogP contribution in [0.5, 0.6) is 11.5 Å². The third kappa shape index (κ3) is 5.58. The Hall–Kier alpha value is -5.13. The molecule has 2 atom stereocenters. The Morgan fingerprint density at radius 3 is 2.35 bits per heavy atom. The minimum atomic E-state index is -5.67. The molecule has 18 heteroatoms. The summed E-state index contributed by atoms with van der Waals surface area (Å²) in [4.78, 5) is 32.9. The monoisotopic (exact) mass is 688 g/mol. The molecular weight excluding hydrogens is 667 g/mol. The molecule has 0 saturated heterocycles. The summed E-state index contributed by atoms with van der Waals surface area (Å²) < 4.78 is 137. The topological polar surface area (TPSA) is 137 Å². The van der Waals surface area contributed by atoms with E-state index in [1.165, 1.54) is 0 Å². The Bertz CT molecular complexity index is 1990. The summed E-state index contributed by atoms with van der Waals surface area (Å²) in [5.41, 5.74) is -5.81. The highest BCUT2D eigenvalue weighted by molar-refractivity contribution is 6.00. The molecule has 4 aromatic rings. The quantitative estimate of drug-likeness (QED) is 0.183. The van der Waals surface area contributed by atoms with Crippen LogP contribution in [-0.4, -0.2) is 53.3 Å². The highest BCUT2D eigenvalue weighted by atomic mass is 19.4. The number of primary amides is 1. The number of amides is 2. The Kier molecular flexibility index (Phi) is 8.22. The average molecular weight is 689 g/mol. The molecule has 0 spiro atoms. The van der Waals surface area contributed by atoms with Crippen LogP contribution in [0.25, 0.3) is 22.2 Å². The van der Waals surface area contributed by atoms with Crippen LogP contribution >= 0.6 is 0 Å². The number of halogens is 9. The van der Waals surface area contributed by atoms with Gasteiger partial charge in [0.05, 0.1) is 24.9 Å². The molecule has 2 aromatic carbocycles. The van der Waals surface area contributed by atoms with Crippen molar-refractivity contribution >= 4 is 22.7 Å². The average Bonchev–Trinajstić information content (AvgIpc) is 3.37. The van der Waals surface area contributed by atoms with Gasteiger partial charge < -0.3 is 25.6 Å². The number of nitrogens with two attached hydrogens (primary N) is 1. The number of carbonyl (C=O) groups is 2. The van der Waals surface area contributed by atoms with E-state index in [1.54, 1.807) is 0 Å². The molecular formula is C30H21F9N4O5. The summed E-state index contributed by atoms with van der Waals surface area (Å²) in [6.07, 6.45) is -9.97. The molecule has 9 nitrogen and oxygen atoms in total. The van der Waals surface area contributed by atoms with Crippen LogP contribution in [0.3, 0.4) is 0 Å². The Labute approximate surface area is 263 Å². The maximum absolute atomic E-state index is 14.9. The second kappa shape index (κ2) is 11.5. The van der Waals surface area contributed by atoms with Crippen molar-refractivity contribution in [1.82, 2.24) is 15.3 Å². The van der Waals surface area contributed by atoms with Crippen molar-refractivity contribution in [2.75, 3.05) is 20.3 Å². The highest BCUT2D eigenvalue weighted by Gasteiger charge is 2.58. The summed E-state index contributed by atoms with van der Waals surface area (Å²) in [5, 5.41) is 12.7. The second-order valence-corrected chi connectivity index (χ2v) is 11.0. The van der Waals surface area contributed by atoms with E-state index in [2.05, 4.69) is 9.97 Å². The molecule has 0 aliphatic carbocycles. The van der Waals surface area contributed by atoms with Gasteiger partial charge in [0, 0.05) is 28.3 Å². The fourth-order valence-corrected chi connectivity index (χ4v) is 5.00. The second-order valence-electron chi connectivity index (χ2n) is 11.0. The predicted octanol–water partition coefficient (Wildman–Crippen LogP) is 5.06. The number of carbonyl (C=O) groups excluding carboxylic acids is 2. The van der Waals surface area contributed by atoms with Crippen molar-refractivity contribution in [3.8, 4) is 22.8 Å². The van der Waals surface area contributed by atoms with Gasteiger partial charge in [0.15, 0.2) is 17.5 Å². The van der Waals surface area contributed by atoms with E-state index in [0.29, 0.717) is 30.5 Å². The number of fused-ring (bicyclic) bond motifs is 2. The molecule has 5 rings (SSSR count). The van der Waals surface area contributed by atoms with Crippen LogP contribution in [0.4, 0.5) is 39.5 Å². The SMILES string of the molecule is COc1cc(C(=O)NCC(O)(c2cc3c(c(-c4ccc(F)c(F)c4F)n2)OC[C@]3(C)C(N)=O)C(F)(F)F)cc2cc(C(F)(F)F)cnc12. The first kappa shape index (κ1) is 34.2. The first-order chi connectivity index (χ1) is 22.2. The molecule has 1 aliphatic heterocycles. The van der Waals surface area contributed by atoms with Gasteiger partial charge in [-0.25, -0.2) is 18.2 Å². The lowest BCUT2D eigenvalue weighted by Gasteiger charge is -2.31. The lowest BCUT2D eigenvalue weighted by molar-refractivity contribution is -0.265. The van der Waals surface area contributed by atoms with Gasteiger partial charge in [0.1, 0.15) is 34.7 Å². The summed E-state index contributed by atoms with van der Waals surface area (Å²) >= 11 is 0. The molecule has 3 heterocycles. The summed E-state index contributed by atoms with van der Waals surface area (Å²) in [7, 11) is 1.11. The number of rotatable bonds is 7. The van der Waals surface area contributed by atoms with Gasteiger partial charge in [0.25, 0.3) is 5.91 Å².